The molecule has 1 aromatic rings. The van der Waals surface area contributed by atoms with Crippen molar-refractivity contribution in [2.45, 2.75) is 0 Å². The minimum absolute atomic E-state index is 0.404. The molecule has 2 heteroatoms. The topological polar surface area (TPSA) is 0 Å². The molecule has 0 saturated carbocycles. The van der Waals surface area contributed by atoms with Crippen molar-refractivity contribution in [3.05, 3.63) is 35.1 Å². The Hall–Kier alpha value is -0.560. The Labute approximate surface area is 51.9 Å². The van der Waals surface area contributed by atoms with Crippen molar-refractivity contribution in [3.8, 4) is 0 Å². The molecule has 0 atom stereocenters. The van der Waals surface area contributed by atoms with Crippen LogP contribution in [0.5, 0.6) is 0 Å². The highest BCUT2D eigenvalue weighted by Gasteiger charge is 1.87. The first-order valence-corrected chi connectivity index (χ1v) is 2.49. The van der Waals surface area contributed by atoms with Crippen LogP contribution in [-0.4, -0.2) is 0 Å². The molecule has 1 rings (SSSR count). The molecule has 0 saturated heterocycles. The standard InChI is InChI=1S/C6H3ClF/c7-5-2-1-3-6(8)4-5/h1-2,4H. The highest BCUT2D eigenvalue weighted by atomic mass is 35.5. The monoisotopic (exact) mass is 129 g/mol. The fraction of sp³-hybridized carbons (Fsp3) is 0. The second-order valence-corrected chi connectivity index (χ2v) is 1.79. The maximum Gasteiger partial charge on any atom is 0.132 e. The molecule has 0 nitrogen and oxygen atoms in total. The SMILES string of the molecule is Fc1[c]ccc(Cl)c1. The Balaban J connectivity index is 3.08. The van der Waals surface area contributed by atoms with Crippen molar-refractivity contribution in [1.29, 1.82) is 0 Å². The lowest BCUT2D eigenvalue weighted by Crippen LogP contribution is -1.69. The van der Waals surface area contributed by atoms with Gasteiger partial charge in [-0.2, -0.15) is 0 Å². The molecule has 0 fully saturated rings. The number of halogens is 2. The number of hydrogen-bond acceptors (Lipinski definition) is 0. The van der Waals surface area contributed by atoms with Crippen LogP contribution in [-0.2, 0) is 0 Å². The zero-order valence-corrected chi connectivity index (χ0v) is 4.74. The number of rotatable bonds is 0. The zero-order valence-electron chi connectivity index (χ0n) is 3.99. The molecular weight excluding hydrogens is 127 g/mol. The van der Waals surface area contributed by atoms with Gasteiger partial charge in [0.1, 0.15) is 5.82 Å². The maximum absolute atomic E-state index is 12.0. The molecule has 0 aromatic heterocycles. The third kappa shape index (κ3) is 1.20. The van der Waals surface area contributed by atoms with E-state index in [0.717, 1.165) is 0 Å². The summed E-state index contributed by atoms with van der Waals surface area (Å²) in [5.41, 5.74) is 0. The van der Waals surface area contributed by atoms with E-state index < -0.39 is 5.82 Å². The van der Waals surface area contributed by atoms with Gasteiger partial charge < -0.3 is 0 Å². The van der Waals surface area contributed by atoms with E-state index in [0.29, 0.717) is 5.02 Å². The molecule has 0 aliphatic carbocycles. The molecule has 0 N–H and O–H groups in total. The Bertz CT molecular complexity index is 168. The normalized spacial score (nSPS) is 9.25. The van der Waals surface area contributed by atoms with Gasteiger partial charge in [-0.05, 0) is 18.2 Å². The van der Waals surface area contributed by atoms with Crippen LogP contribution in [0.3, 0.4) is 0 Å². The van der Waals surface area contributed by atoms with Gasteiger partial charge in [-0.1, -0.05) is 11.6 Å². The molecular formula is C6H3ClF. The first-order chi connectivity index (χ1) is 3.79. The second kappa shape index (κ2) is 2.14. The van der Waals surface area contributed by atoms with Crippen molar-refractivity contribution in [3.63, 3.8) is 0 Å². The summed E-state index contributed by atoms with van der Waals surface area (Å²) in [4.78, 5) is 0. The van der Waals surface area contributed by atoms with Gasteiger partial charge in [0.15, 0.2) is 0 Å². The molecule has 0 aliphatic rings. The fourth-order valence-electron chi connectivity index (χ4n) is 0.412. The number of benzene rings is 1. The summed E-state index contributed by atoms with van der Waals surface area (Å²) in [7, 11) is 0. The average molecular weight is 130 g/mol. The summed E-state index contributed by atoms with van der Waals surface area (Å²) in [6.07, 6.45) is 0. The van der Waals surface area contributed by atoms with Crippen LogP contribution in [0.2, 0.25) is 5.02 Å². The predicted octanol–water partition coefficient (Wildman–Crippen LogP) is 2.28. The first-order valence-electron chi connectivity index (χ1n) is 2.12. The lowest BCUT2D eigenvalue weighted by atomic mass is 10.4. The van der Waals surface area contributed by atoms with Crippen LogP contribution in [0, 0.1) is 11.9 Å². The summed E-state index contributed by atoms with van der Waals surface area (Å²) in [5.74, 6) is -0.419. The fourth-order valence-corrected chi connectivity index (χ4v) is 0.571. The van der Waals surface area contributed by atoms with E-state index in [-0.39, 0.29) is 0 Å². The van der Waals surface area contributed by atoms with E-state index in [2.05, 4.69) is 6.07 Å². The van der Waals surface area contributed by atoms with E-state index in [1.54, 1.807) is 6.07 Å². The van der Waals surface area contributed by atoms with E-state index >= 15 is 0 Å². The molecule has 0 spiro atoms. The van der Waals surface area contributed by atoms with Crippen LogP contribution < -0.4 is 0 Å². The van der Waals surface area contributed by atoms with Crippen molar-refractivity contribution >= 4 is 11.6 Å². The third-order valence-corrected chi connectivity index (χ3v) is 0.963. The molecule has 0 unspecified atom stereocenters. The van der Waals surface area contributed by atoms with Gasteiger partial charge >= 0.3 is 0 Å². The molecule has 0 bridgehead atoms. The Morgan fingerprint density at radius 1 is 1.62 bits per heavy atom. The molecule has 0 amide bonds. The zero-order chi connectivity index (χ0) is 5.98. The van der Waals surface area contributed by atoms with Crippen LogP contribution >= 0.6 is 11.6 Å². The van der Waals surface area contributed by atoms with Gasteiger partial charge in [-0.3, -0.25) is 0 Å². The molecule has 0 heterocycles. The van der Waals surface area contributed by atoms with Crippen LogP contribution in [0.1, 0.15) is 0 Å². The third-order valence-electron chi connectivity index (χ3n) is 0.728. The van der Waals surface area contributed by atoms with Crippen molar-refractivity contribution in [1.82, 2.24) is 0 Å². The Morgan fingerprint density at radius 3 is 2.75 bits per heavy atom. The van der Waals surface area contributed by atoms with Gasteiger partial charge in [-0.25, -0.2) is 4.39 Å². The Morgan fingerprint density at radius 2 is 2.38 bits per heavy atom. The largest absolute Gasteiger partial charge is 0.206 e. The van der Waals surface area contributed by atoms with Gasteiger partial charge in [0.05, 0.1) is 0 Å². The first kappa shape index (κ1) is 5.57. The molecule has 8 heavy (non-hydrogen) atoms. The minimum Gasteiger partial charge on any atom is -0.206 e. The molecule has 1 radical (unpaired) electrons. The van der Waals surface area contributed by atoms with Crippen molar-refractivity contribution < 1.29 is 4.39 Å². The van der Waals surface area contributed by atoms with E-state index in [4.69, 9.17) is 11.6 Å². The highest BCUT2D eigenvalue weighted by Crippen LogP contribution is 2.07. The van der Waals surface area contributed by atoms with Crippen LogP contribution in [0.4, 0.5) is 4.39 Å². The summed E-state index contributed by atoms with van der Waals surface area (Å²) in [6.45, 7) is 0. The van der Waals surface area contributed by atoms with Gasteiger partial charge in [0.2, 0.25) is 0 Å². The average Bonchev–Trinajstić information content (AvgIpc) is 1.64. The Kier molecular flexibility index (Phi) is 1.49. The van der Waals surface area contributed by atoms with Crippen LogP contribution in [0.15, 0.2) is 18.2 Å². The predicted molar refractivity (Wildman–Crippen MR) is 30.2 cm³/mol. The van der Waals surface area contributed by atoms with Gasteiger partial charge in [0, 0.05) is 11.1 Å². The minimum atomic E-state index is -0.419. The quantitative estimate of drug-likeness (QED) is 0.504. The summed E-state index contributed by atoms with van der Waals surface area (Å²) in [5, 5.41) is 0.404. The van der Waals surface area contributed by atoms with Crippen molar-refractivity contribution in [2.24, 2.45) is 0 Å². The van der Waals surface area contributed by atoms with E-state index in [1.165, 1.54) is 12.1 Å². The summed E-state index contributed by atoms with van der Waals surface area (Å²) in [6, 6.07) is 6.55. The molecule has 41 valence electrons. The second-order valence-electron chi connectivity index (χ2n) is 1.35. The van der Waals surface area contributed by atoms with Gasteiger partial charge in [-0.15, -0.1) is 0 Å². The molecule has 1 aromatic carbocycles. The smallest absolute Gasteiger partial charge is 0.132 e. The summed E-state index contributed by atoms with van der Waals surface area (Å²) < 4.78 is 12.0. The number of hydrogen-bond donors (Lipinski definition) is 0. The lowest BCUT2D eigenvalue weighted by Gasteiger charge is -1.84. The van der Waals surface area contributed by atoms with Gasteiger partial charge in [0.25, 0.3) is 0 Å². The van der Waals surface area contributed by atoms with E-state index in [1.807, 2.05) is 0 Å². The van der Waals surface area contributed by atoms with E-state index in [9.17, 15) is 4.39 Å². The maximum atomic E-state index is 12.0. The van der Waals surface area contributed by atoms with Crippen molar-refractivity contribution in [2.75, 3.05) is 0 Å². The van der Waals surface area contributed by atoms with Crippen LogP contribution in [0.25, 0.3) is 0 Å². The lowest BCUT2D eigenvalue weighted by molar-refractivity contribution is 0.625. The molecule has 0 aliphatic heterocycles. The highest BCUT2D eigenvalue weighted by molar-refractivity contribution is 6.30. The summed E-state index contributed by atoms with van der Waals surface area (Å²) >= 11 is 5.38.